The summed E-state index contributed by atoms with van der Waals surface area (Å²) in [6.45, 7) is 0. The van der Waals surface area contributed by atoms with Gasteiger partial charge in [-0.15, -0.1) is 0 Å². The van der Waals surface area contributed by atoms with Gasteiger partial charge in [0.1, 0.15) is 17.4 Å². The molecule has 0 heterocycles. The number of phenols is 1. The first-order chi connectivity index (χ1) is 20.3. The molecule has 1 amide bonds. The monoisotopic (exact) mass is 589 g/mol. The van der Waals surface area contributed by atoms with Crippen LogP contribution in [0.15, 0.2) is 35.9 Å². The Morgan fingerprint density at radius 3 is 2.23 bits per heavy atom. The van der Waals surface area contributed by atoms with E-state index >= 15 is 0 Å². The zero-order valence-corrected chi connectivity index (χ0v) is 24.9. The SMILES string of the molecule is CN(C)c1cc(CC2Cc3ccccc3C2)c(O)c2c1C[C@@H]1C[C@@H]3[C@@H](N(C)C)C(O)C(C(N)=O)C(=O)[C@]3(O)C(=O)C1=C2O. The zero-order valence-electron chi connectivity index (χ0n) is 24.9. The number of hydrogen-bond donors (Lipinski definition) is 5. The number of nitrogens with zero attached hydrogens (tertiary/aromatic N) is 2. The molecule has 0 aliphatic heterocycles. The largest absolute Gasteiger partial charge is 0.507 e. The lowest BCUT2D eigenvalue weighted by Gasteiger charge is -2.53. The summed E-state index contributed by atoms with van der Waals surface area (Å²) in [4.78, 5) is 43.5. The molecule has 0 aromatic heterocycles. The molecule has 0 radical (unpaired) electrons. The Morgan fingerprint density at radius 2 is 1.67 bits per heavy atom. The number of nitrogens with two attached hydrogens (primary N) is 1. The molecular weight excluding hydrogens is 550 g/mol. The summed E-state index contributed by atoms with van der Waals surface area (Å²) in [5.74, 6) is -7.05. The van der Waals surface area contributed by atoms with Crippen molar-refractivity contribution in [2.24, 2.45) is 29.4 Å². The van der Waals surface area contributed by atoms with Gasteiger partial charge in [-0.2, -0.15) is 0 Å². The van der Waals surface area contributed by atoms with E-state index in [0.29, 0.717) is 17.5 Å². The number of hydrogen-bond acceptors (Lipinski definition) is 9. The van der Waals surface area contributed by atoms with Crippen LogP contribution >= 0.6 is 0 Å². The highest BCUT2D eigenvalue weighted by atomic mass is 16.3. The highest BCUT2D eigenvalue weighted by Gasteiger charge is 2.67. The predicted octanol–water partition coefficient (Wildman–Crippen LogP) is 1.15. The third kappa shape index (κ3) is 4.22. The standard InChI is InChI=1S/C33H39N3O7/c1-35(2)22-14-19(11-15-9-16-7-5-6-8-17(16)10-15)27(37)24-20(22)12-18-13-21-26(36(3)4)29(39)25(32(34)42)31(41)33(21,43)30(40)23(18)28(24)38/h5-8,14-15,18,21,25-26,29,37-39,43H,9-13H2,1-4H3,(H2,34,42)/t18-,21-,25?,26-,29?,33-/m1/s1. The number of phenolic OH excluding ortho intramolecular Hbond substituents is 1. The number of rotatable bonds is 5. The summed E-state index contributed by atoms with van der Waals surface area (Å²) in [6.07, 6.45) is 1.14. The van der Waals surface area contributed by atoms with Crippen molar-refractivity contribution in [2.45, 2.75) is 49.9 Å². The van der Waals surface area contributed by atoms with E-state index in [1.807, 2.05) is 37.2 Å². The number of primary amides is 1. The number of benzene rings is 2. The summed E-state index contributed by atoms with van der Waals surface area (Å²) in [5.41, 5.74) is 7.49. The van der Waals surface area contributed by atoms with Gasteiger partial charge in [-0.05, 0) is 86.4 Å². The summed E-state index contributed by atoms with van der Waals surface area (Å²) >= 11 is 0. The van der Waals surface area contributed by atoms with E-state index < -0.39 is 58.7 Å². The quantitative estimate of drug-likeness (QED) is 0.322. The Morgan fingerprint density at radius 1 is 1.05 bits per heavy atom. The second kappa shape index (κ2) is 10.2. The van der Waals surface area contributed by atoms with E-state index in [-0.39, 0.29) is 35.6 Å². The number of ketones is 2. The molecule has 6 N–H and O–H groups in total. The van der Waals surface area contributed by atoms with Gasteiger partial charge in [0.05, 0.1) is 11.7 Å². The number of carbonyl (C=O) groups excluding carboxylic acids is 3. The molecule has 228 valence electrons. The van der Waals surface area contributed by atoms with Gasteiger partial charge in [-0.25, -0.2) is 0 Å². The number of aliphatic hydroxyl groups excluding tert-OH is 2. The summed E-state index contributed by atoms with van der Waals surface area (Å²) in [6, 6.07) is 9.30. The third-order valence-electron chi connectivity index (χ3n) is 10.3. The number of aromatic hydroxyl groups is 1. The predicted molar refractivity (Wildman–Crippen MR) is 159 cm³/mol. The van der Waals surface area contributed by atoms with Crippen molar-refractivity contribution in [3.63, 3.8) is 0 Å². The highest BCUT2D eigenvalue weighted by Crippen LogP contribution is 2.54. The van der Waals surface area contributed by atoms with Crippen LogP contribution in [0.3, 0.4) is 0 Å². The molecule has 6 rings (SSSR count). The van der Waals surface area contributed by atoms with Gasteiger partial charge in [-0.3, -0.25) is 14.4 Å². The molecular formula is C33H39N3O7. The van der Waals surface area contributed by atoms with Crippen LogP contribution < -0.4 is 10.6 Å². The van der Waals surface area contributed by atoms with E-state index in [1.165, 1.54) is 11.1 Å². The van der Waals surface area contributed by atoms with Crippen LogP contribution in [0.1, 0.15) is 34.2 Å². The first-order valence-corrected chi connectivity index (χ1v) is 14.8. The molecule has 10 nitrogen and oxygen atoms in total. The fourth-order valence-corrected chi connectivity index (χ4v) is 8.37. The number of Topliss-reactive ketones (excluding diaryl/α,β-unsaturated/α-hetero) is 2. The Balaban J connectivity index is 1.46. The number of likely N-dealkylation sites (N-methyl/N-ethyl adjacent to an activating group) is 1. The van der Waals surface area contributed by atoms with Gasteiger partial charge in [0.15, 0.2) is 11.4 Å². The van der Waals surface area contributed by atoms with Crippen molar-refractivity contribution in [2.75, 3.05) is 33.1 Å². The molecule has 2 aromatic carbocycles. The van der Waals surface area contributed by atoms with E-state index in [0.717, 1.165) is 18.5 Å². The Labute approximate surface area is 250 Å². The van der Waals surface area contributed by atoms with E-state index in [9.17, 15) is 34.8 Å². The summed E-state index contributed by atoms with van der Waals surface area (Å²) in [5, 5.41) is 46.3. The first-order valence-electron chi connectivity index (χ1n) is 14.8. The van der Waals surface area contributed by atoms with Crippen LogP contribution in [-0.4, -0.2) is 88.7 Å². The maximum atomic E-state index is 14.2. The minimum absolute atomic E-state index is 0.0912. The Hall–Kier alpha value is -3.73. The maximum absolute atomic E-state index is 14.2. The van der Waals surface area contributed by atoms with E-state index in [2.05, 4.69) is 12.1 Å². The molecule has 2 fully saturated rings. The smallest absolute Gasteiger partial charge is 0.230 e. The van der Waals surface area contributed by atoms with Crippen molar-refractivity contribution in [3.05, 3.63) is 63.7 Å². The molecule has 0 saturated heterocycles. The van der Waals surface area contributed by atoms with Gasteiger partial charge in [0.2, 0.25) is 11.7 Å². The Kier molecular flexibility index (Phi) is 6.95. The van der Waals surface area contributed by atoms with Gasteiger partial charge >= 0.3 is 0 Å². The molecule has 6 atom stereocenters. The molecule has 4 aliphatic carbocycles. The average molecular weight is 590 g/mol. The minimum Gasteiger partial charge on any atom is -0.507 e. The maximum Gasteiger partial charge on any atom is 0.230 e. The normalized spacial score (nSPS) is 30.2. The lowest BCUT2D eigenvalue weighted by molar-refractivity contribution is -0.184. The summed E-state index contributed by atoms with van der Waals surface area (Å²) in [7, 11) is 7.03. The van der Waals surface area contributed by atoms with Crippen molar-refractivity contribution < 1.29 is 34.8 Å². The van der Waals surface area contributed by atoms with Crippen LogP contribution in [0.5, 0.6) is 5.75 Å². The number of anilines is 1. The lowest BCUT2D eigenvalue weighted by atomic mass is 9.54. The first kappa shape index (κ1) is 29.3. The van der Waals surface area contributed by atoms with Gasteiger partial charge in [0.25, 0.3) is 0 Å². The van der Waals surface area contributed by atoms with Gasteiger partial charge < -0.3 is 36.0 Å². The molecule has 2 unspecified atom stereocenters. The van der Waals surface area contributed by atoms with Crippen molar-refractivity contribution in [1.82, 2.24) is 4.90 Å². The number of aliphatic hydroxyl groups is 3. The number of amides is 1. The fourth-order valence-electron chi connectivity index (χ4n) is 8.37. The second-order valence-electron chi connectivity index (χ2n) is 13.2. The molecule has 4 aliphatic rings. The zero-order chi connectivity index (χ0) is 31.1. The molecule has 10 heteroatoms. The number of fused-ring (bicyclic) bond motifs is 4. The average Bonchev–Trinajstić information content (AvgIpc) is 3.34. The molecule has 0 spiro atoms. The van der Waals surface area contributed by atoms with E-state index in [4.69, 9.17) is 5.73 Å². The van der Waals surface area contributed by atoms with Crippen LogP contribution in [0.2, 0.25) is 0 Å². The molecule has 0 bridgehead atoms. The minimum atomic E-state index is -2.67. The van der Waals surface area contributed by atoms with Gasteiger partial charge in [0, 0.05) is 37.3 Å². The van der Waals surface area contributed by atoms with Gasteiger partial charge in [-0.1, -0.05) is 24.3 Å². The Bertz CT molecular complexity index is 1560. The van der Waals surface area contributed by atoms with Crippen LogP contribution in [0, 0.1) is 23.7 Å². The lowest BCUT2D eigenvalue weighted by Crippen LogP contribution is -2.73. The summed E-state index contributed by atoms with van der Waals surface area (Å²) < 4.78 is 0. The number of carbonyl (C=O) groups is 3. The topological polar surface area (TPSA) is 165 Å². The van der Waals surface area contributed by atoms with Crippen LogP contribution in [0.4, 0.5) is 5.69 Å². The highest BCUT2D eigenvalue weighted by molar-refractivity contribution is 6.25. The molecule has 43 heavy (non-hydrogen) atoms. The third-order valence-corrected chi connectivity index (χ3v) is 10.3. The molecule has 2 aromatic rings. The fraction of sp³-hybridized carbons (Fsp3) is 0.485. The molecule has 2 saturated carbocycles. The van der Waals surface area contributed by atoms with E-state index in [1.54, 1.807) is 19.0 Å². The van der Waals surface area contributed by atoms with Crippen molar-refractivity contribution >= 4 is 28.9 Å². The second-order valence-corrected chi connectivity index (χ2v) is 13.2. The van der Waals surface area contributed by atoms with Crippen molar-refractivity contribution in [1.29, 1.82) is 0 Å². The van der Waals surface area contributed by atoms with Crippen molar-refractivity contribution in [3.8, 4) is 5.75 Å². The van der Waals surface area contributed by atoms with Crippen LogP contribution in [-0.2, 0) is 40.1 Å². The van der Waals surface area contributed by atoms with Crippen LogP contribution in [0.25, 0.3) is 5.76 Å².